The van der Waals surface area contributed by atoms with E-state index in [1.165, 1.54) is 14.0 Å². The number of alkyl halides is 1. The van der Waals surface area contributed by atoms with Crippen LogP contribution in [0.25, 0.3) is 0 Å². The van der Waals surface area contributed by atoms with Crippen LogP contribution < -0.4 is 40.0 Å². The lowest BCUT2D eigenvalue weighted by Gasteiger charge is -2.10. The molecule has 13 N–H and O–H groups in total. The number of rotatable bonds is 2. The molecule has 0 aliphatic heterocycles. The molecule has 0 atom stereocenters. The summed E-state index contributed by atoms with van der Waals surface area (Å²) in [5, 5.41) is 0.808. The summed E-state index contributed by atoms with van der Waals surface area (Å²) < 4.78 is 17.5. The van der Waals surface area contributed by atoms with Crippen LogP contribution in [0, 0.1) is 0 Å². The molecule has 0 unspecified atom stereocenters. The first-order chi connectivity index (χ1) is 14.8. The molecule has 2 aromatic heterocycles. The first-order valence-corrected chi connectivity index (χ1v) is 7.83. The van der Waals surface area contributed by atoms with Crippen molar-refractivity contribution in [3.8, 4) is 0 Å². The molecule has 174 valence electrons. The Balaban J connectivity index is 0. The van der Waals surface area contributed by atoms with Crippen LogP contribution in [0.2, 0.25) is 0 Å². The summed E-state index contributed by atoms with van der Waals surface area (Å²) >= 11 is 0. The van der Waals surface area contributed by atoms with Gasteiger partial charge in [-0.15, -0.1) is 0 Å². The fraction of sp³-hybridized carbons (Fsp3) is 0.286. The number of hydrogen-bond acceptors (Lipinski definition) is 11. The summed E-state index contributed by atoms with van der Waals surface area (Å²) in [6.45, 7) is 1.31. The van der Waals surface area contributed by atoms with Gasteiger partial charge in [-0.2, -0.15) is 0 Å². The Bertz CT molecular complexity index is 880. The summed E-state index contributed by atoms with van der Waals surface area (Å²) in [6.07, 6.45) is 2.25. The van der Waals surface area contributed by atoms with Crippen molar-refractivity contribution in [2.45, 2.75) is 6.92 Å². The van der Waals surface area contributed by atoms with Gasteiger partial charge in [0.25, 0.3) is 11.8 Å². The van der Waals surface area contributed by atoms with Crippen LogP contribution in [-0.2, 0) is 0 Å². The molecular formula is C14H27FN12O4. The second-order valence-electron chi connectivity index (χ2n) is 5.13. The molecule has 2 heterocycles. The number of imidazole rings is 2. The predicted molar refractivity (Wildman–Crippen MR) is 110 cm³/mol. The Hall–Kier alpha value is -4.09. The van der Waals surface area contributed by atoms with Crippen LogP contribution in [0.5, 0.6) is 0 Å². The normalized spacial score (nSPS) is 9.42. The van der Waals surface area contributed by atoms with Gasteiger partial charge in [-0.05, 0) is 7.05 Å². The number of hydrazine groups is 2. The van der Waals surface area contributed by atoms with Crippen molar-refractivity contribution in [3.05, 3.63) is 24.0 Å². The summed E-state index contributed by atoms with van der Waals surface area (Å²) in [5.74, 6) is 7.79. The molecule has 2 rings (SSSR count). The number of nitrogens with two attached hydrogens (primary N) is 6. The third-order valence-corrected chi connectivity index (χ3v) is 2.92. The number of nitrogen functional groups attached to an aromatic ring is 2. The van der Waals surface area contributed by atoms with E-state index in [0.717, 1.165) is 26.8 Å². The Morgan fingerprint density at radius 1 is 1.06 bits per heavy atom. The Labute approximate surface area is 177 Å². The monoisotopic (exact) mass is 447 g/mol. The van der Waals surface area contributed by atoms with E-state index >= 15 is 0 Å². The van der Waals surface area contributed by atoms with E-state index in [1.54, 1.807) is 7.05 Å². The van der Waals surface area contributed by atoms with Crippen molar-refractivity contribution < 1.29 is 24.9 Å². The number of primary amides is 2. The maximum absolute atomic E-state index is 11.3. The average Bonchev–Trinajstić information content (AvgIpc) is 3.25. The van der Waals surface area contributed by atoms with Gasteiger partial charge < -0.3 is 22.9 Å². The fourth-order valence-electron chi connectivity index (χ4n) is 1.67. The highest BCUT2D eigenvalue weighted by atomic mass is 19.1. The maximum Gasteiger partial charge on any atom is 0.344 e. The smallest absolute Gasteiger partial charge is 0.344 e. The number of nitrogens with zero attached hydrogens (tertiary/aromatic N) is 5. The quantitative estimate of drug-likeness (QED) is 0.140. The zero-order chi connectivity index (χ0) is 25.6. The molecule has 0 aromatic carbocycles. The minimum Gasteiger partial charge on any atom is -0.383 e. The van der Waals surface area contributed by atoms with Crippen molar-refractivity contribution in [3.63, 3.8) is 0 Å². The minimum absolute atomic E-state index is 0.0185. The number of nitrogens with one attached hydrogen (secondary N) is 1. The predicted octanol–water partition coefficient (Wildman–Crippen LogP) is -2.77. The van der Waals surface area contributed by atoms with Gasteiger partial charge in [-0.3, -0.25) is 39.6 Å². The third kappa shape index (κ3) is 8.43. The largest absolute Gasteiger partial charge is 0.383 e. The Kier molecular flexibility index (Phi) is 12.1. The molecule has 0 spiro atoms. The van der Waals surface area contributed by atoms with E-state index in [2.05, 4.69) is 21.2 Å². The molecule has 3 amide bonds. The Morgan fingerprint density at radius 2 is 1.39 bits per heavy atom. The molecule has 2 aromatic rings. The summed E-state index contributed by atoms with van der Waals surface area (Å²) in [4.78, 5) is 50.6. The van der Waals surface area contributed by atoms with Gasteiger partial charge >= 0.3 is 6.03 Å². The van der Waals surface area contributed by atoms with E-state index in [-0.39, 0.29) is 28.9 Å². The lowest BCUT2D eigenvalue weighted by Crippen LogP contribution is -2.37. The molecule has 0 fully saturated rings. The van der Waals surface area contributed by atoms with Gasteiger partial charge in [0.1, 0.15) is 24.3 Å². The van der Waals surface area contributed by atoms with E-state index < -0.39 is 25.0 Å². The highest BCUT2D eigenvalue weighted by molar-refractivity contribution is 5.97. The number of amides is 3. The second-order valence-corrected chi connectivity index (χ2v) is 5.13. The molecule has 0 bridgehead atoms. The number of anilines is 2. The first-order valence-electron chi connectivity index (χ1n) is 8.54. The van der Waals surface area contributed by atoms with Crippen LogP contribution in [0.3, 0.4) is 0 Å². The molecule has 0 saturated carbocycles. The van der Waals surface area contributed by atoms with Crippen LogP contribution in [0.1, 0.15) is 34.1 Å². The SMILES string of the molecule is CC(=O)n1cnc(C(N)=O)c1N.CN(N)C(=O)n1cnc(C(N)=O)c1N.CNN.[2H]CF. The van der Waals surface area contributed by atoms with Crippen molar-refractivity contribution in [1.82, 2.24) is 29.5 Å². The molecule has 0 saturated heterocycles. The first kappa shape index (κ1) is 26.9. The Morgan fingerprint density at radius 3 is 1.61 bits per heavy atom. The van der Waals surface area contributed by atoms with Gasteiger partial charge in [0.15, 0.2) is 11.4 Å². The topological polar surface area (TPSA) is 275 Å². The summed E-state index contributed by atoms with van der Waals surface area (Å²) in [6, 6.07) is -0.609. The third-order valence-electron chi connectivity index (χ3n) is 2.92. The average molecular weight is 447 g/mol. The molecule has 17 heteroatoms. The summed E-state index contributed by atoms with van der Waals surface area (Å²) in [5.41, 5.74) is 22.7. The number of carbonyl (C=O) groups excluding carboxylic acids is 4. The van der Waals surface area contributed by atoms with Gasteiger partial charge in [0.05, 0.1) is 8.52 Å². The van der Waals surface area contributed by atoms with E-state index in [4.69, 9.17) is 30.1 Å². The van der Waals surface area contributed by atoms with Gasteiger partial charge in [0.2, 0.25) is 5.91 Å². The van der Waals surface area contributed by atoms with Crippen molar-refractivity contribution >= 4 is 35.4 Å². The molecule has 0 aliphatic rings. The minimum atomic E-state index is -1.00. The molecule has 0 radical (unpaired) electrons. The number of halogens is 1. The molecule has 31 heavy (non-hydrogen) atoms. The molecular weight excluding hydrogens is 419 g/mol. The molecule has 16 nitrogen and oxygen atoms in total. The van der Waals surface area contributed by atoms with Crippen LogP contribution in [-0.4, -0.2) is 69.1 Å². The standard InChI is InChI=1S/C6H10N6O2.C6H8N4O2.CH3F.CH6N2/c1-11(9)6(14)12-2-10-3(4(12)7)5(8)13;1-3(11)10-2-9-4(5(10)7)6(8)12;1-2;1-3-2/h2H,7,9H2,1H3,(H2,8,13);2H,7H2,1H3,(H2,8,12);1H3;3H,2H2,1H3/i;;1D;. The number of hydrogen-bond donors (Lipinski definition) is 7. The molecule has 0 aliphatic carbocycles. The van der Waals surface area contributed by atoms with Gasteiger partial charge in [-0.25, -0.2) is 25.2 Å². The van der Waals surface area contributed by atoms with Gasteiger partial charge in [-0.1, -0.05) is 0 Å². The highest BCUT2D eigenvalue weighted by Gasteiger charge is 2.18. The number of carbonyl (C=O) groups is 4. The van der Waals surface area contributed by atoms with E-state index in [1.807, 2.05) is 0 Å². The summed E-state index contributed by atoms with van der Waals surface area (Å²) in [7, 11) is 1.99. The lowest BCUT2D eigenvalue weighted by atomic mass is 10.4. The zero-order valence-electron chi connectivity index (χ0n) is 18.1. The van der Waals surface area contributed by atoms with Crippen molar-refractivity contribution in [2.75, 3.05) is 32.7 Å². The highest BCUT2D eigenvalue weighted by Crippen LogP contribution is 2.09. The van der Waals surface area contributed by atoms with E-state index in [9.17, 15) is 23.6 Å². The second kappa shape index (κ2) is 14.0. The van der Waals surface area contributed by atoms with Crippen LogP contribution in [0.15, 0.2) is 12.7 Å². The lowest BCUT2D eigenvalue weighted by molar-refractivity contribution is 0.0937. The zero-order valence-corrected chi connectivity index (χ0v) is 17.1. The van der Waals surface area contributed by atoms with Crippen molar-refractivity contribution in [2.24, 2.45) is 23.2 Å². The van der Waals surface area contributed by atoms with Crippen molar-refractivity contribution in [1.29, 1.82) is 0 Å². The van der Waals surface area contributed by atoms with Gasteiger partial charge in [0, 0.05) is 14.0 Å². The number of aromatic nitrogens is 4. The van der Waals surface area contributed by atoms with Crippen LogP contribution >= 0.6 is 0 Å². The maximum atomic E-state index is 11.3. The fourth-order valence-corrected chi connectivity index (χ4v) is 1.67. The van der Waals surface area contributed by atoms with Crippen LogP contribution in [0.4, 0.5) is 20.8 Å². The van der Waals surface area contributed by atoms with E-state index in [0.29, 0.717) is 0 Å².